The zero-order valence-electron chi connectivity index (χ0n) is 11.6. The molecule has 1 aliphatic carbocycles. The van der Waals surface area contributed by atoms with Gasteiger partial charge in [-0.2, -0.15) is 0 Å². The van der Waals surface area contributed by atoms with E-state index in [2.05, 4.69) is 15.3 Å². The summed E-state index contributed by atoms with van der Waals surface area (Å²) in [5, 5.41) is 3.30. The minimum absolute atomic E-state index is 0.174. The quantitative estimate of drug-likeness (QED) is 0.922. The van der Waals surface area contributed by atoms with Crippen LogP contribution in [0.25, 0.3) is 0 Å². The number of carbonyl (C=O) groups is 1. The van der Waals surface area contributed by atoms with E-state index in [4.69, 9.17) is 11.6 Å². The largest absolute Gasteiger partial charge is 0.348 e. The van der Waals surface area contributed by atoms with E-state index < -0.39 is 0 Å². The predicted octanol–water partition coefficient (Wildman–Crippen LogP) is 3.17. The Morgan fingerprint density at radius 1 is 1.42 bits per heavy atom. The fourth-order valence-electron chi connectivity index (χ4n) is 2.15. The molecular formula is C14H20ClN3O. The molecule has 1 aromatic heterocycles. The van der Waals surface area contributed by atoms with Gasteiger partial charge in [0.25, 0.3) is 5.91 Å². The monoisotopic (exact) mass is 281 g/mol. The number of halogens is 1. The summed E-state index contributed by atoms with van der Waals surface area (Å²) in [5.41, 5.74) is 0.284. The topological polar surface area (TPSA) is 54.9 Å². The van der Waals surface area contributed by atoms with Gasteiger partial charge in [-0.15, -0.1) is 0 Å². The van der Waals surface area contributed by atoms with Crippen molar-refractivity contribution in [2.24, 2.45) is 5.92 Å². The highest BCUT2D eigenvalue weighted by Gasteiger charge is 2.26. The molecule has 19 heavy (non-hydrogen) atoms. The van der Waals surface area contributed by atoms with Crippen molar-refractivity contribution in [1.82, 2.24) is 15.3 Å². The van der Waals surface area contributed by atoms with Crippen molar-refractivity contribution >= 4 is 17.5 Å². The second-order valence-electron chi connectivity index (χ2n) is 5.53. The Kier molecular flexibility index (Phi) is 4.40. The van der Waals surface area contributed by atoms with Crippen LogP contribution in [-0.2, 0) is 0 Å². The highest BCUT2D eigenvalue weighted by molar-refractivity contribution is 6.33. The Balaban J connectivity index is 2.11. The second kappa shape index (κ2) is 5.87. The lowest BCUT2D eigenvalue weighted by Crippen LogP contribution is -2.41. The lowest BCUT2D eigenvalue weighted by atomic mass is 9.80. The molecule has 1 heterocycles. The Labute approximate surface area is 119 Å². The standard InChI is InChI=1S/C14H20ClN3O/c1-8(2)13-16-7-11(15)12(18-13)14(19)17-9(3)10-5-4-6-10/h7-10H,4-6H2,1-3H3,(H,17,19). The third-order valence-corrected chi connectivity index (χ3v) is 3.99. The van der Waals surface area contributed by atoms with Crippen LogP contribution in [0, 0.1) is 5.92 Å². The van der Waals surface area contributed by atoms with E-state index in [0.717, 1.165) is 0 Å². The van der Waals surface area contributed by atoms with Crippen LogP contribution in [0.5, 0.6) is 0 Å². The molecule has 1 atom stereocenters. The molecule has 0 saturated heterocycles. The number of nitrogens with zero attached hydrogens (tertiary/aromatic N) is 2. The lowest BCUT2D eigenvalue weighted by molar-refractivity contribution is 0.0904. The first kappa shape index (κ1) is 14.3. The summed E-state index contributed by atoms with van der Waals surface area (Å²) < 4.78 is 0. The molecule has 1 aliphatic rings. The summed E-state index contributed by atoms with van der Waals surface area (Å²) in [6, 6.07) is 0.176. The molecule has 1 aromatic rings. The second-order valence-corrected chi connectivity index (χ2v) is 5.94. The van der Waals surface area contributed by atoms with Crippen LogP contribution in [0.4, 0.5) is 0 Å². The molecule has 0 spiro atoms. The van der Waals surface area contributed by atoms with Crippen molar-refractivity contribution in [3.63, 3.8) is 0 Å². The van der Waals surface area contributed by atoms with Crippen LogP contribution in [0.3, 0.4) is 0 Å². The van der Waals surface area contributed by atoms with Gasteiger partial charge in [0.2, 0.25) is 0 Å². The van der Waals surface area contributed by atoms with E-state index in [1.165, 1.54) is 25.5 Å². The summed E-state index contributed by atoms with van der Waals surface area (Å²) in [6.45, 7) is 6.02. The highest BCUT2D eigenvalue weighted by atomic mass is 35.5. The fraction of sp³-hybridized carbons (Fsp3) is 0.643. The van der Waals surface area contributed by atoms with Gasteiger partial charge in [0.1, 0.15) is 11.5 Å². The third-order valence-electron chi connectivity index (χ3n) is 3.71. The van der Waals surface area contributed by atoms with E-state index in [-0.39, 0.29) is 23.6 Å². The van der Waals surface area contributed by atoms with E-state index in [0.29, 0.717) is 16.8 Å². The molecule has 1 N–H and O–H groups in total. The molecule has 1 amide bonds. The Morgan fingerprint density at radius 3 is 2.63 bits per heavy atom. The van der Waals surface area contributed by atoms with Gasteiger partial charge in [0.15, 0.2) is 0 Å². The molecule has 1 unspecified atom stereocenters. The summed E-state index contributed by atoms with van der Waals surface area (Å²) >= 11 is 6.02. The number of hydrogen-bond acceptors (Lipinski definition) is 3. The van der Waals surface area contributed by atoms with Crippen LogP contribution in [-0.4, -0.2) is 21.9 Å². The Hall–Kier alpha value is -1.16. The Morgan fingerprint density at radius 2 is 2.11 bits per heavy atom. The van der Waals surface area contributed by atoms with Gasteiger partial charge in [-0.25, -0.2) is 9.97 Å². The Bertz CT molecular complexity index is 472. The molecule has 0 bridgehead atoms. The SMILES string of the molecule is CC(C)c1ncc(Cl)c(C(=O)NC(C)C2CCC2)n1. The number of hydrogen-bond donors (Lipinski definition) is 1. The van der Waals surface area contributed by atoms with Crippen molar-refractivity contribution in [3.8, 4) is 0 Å². The smallest absolute Gasteiger partial charge is 0.271 e. The first-order valence-corrected chi connectivity index (χ1v) is 7.20. The van der Waals surface area contributed by atoms with Crippen molar-refractivity contribution in [2.45, 2.75) is 52.0 Å². The van der Waals surface area contributed by atoms with E-state index >= 15 is 0 Å². The van der Waals surface area contributed by atoms with Crippen LogP contribution in [0.2, 0.25) is 5.02 Å². The highest BCUT2D eigenvalue weighted by Crippen LogP contribution is 2.29. The van der Waals surface area contributed by atoms with Gasteiger partial charge in [0, 0.05) is 12.0 Å². The number of carbonyl (C=O) groups excluding carboxylic acids is 1. The molecule has 5 heteroatoms. The fourth-order valence-corrected chi connectivity index (χ4v) is 2.33. The van der Waals surface area contributed by atoms with Gasteiger partial charge >= 0.3 is 0 Å². The summed E-state index contributed by atoms with van der Waals surface area (Å²) in [6.07, 6.45) is 5.15. The third kappa shape index (κ3) is 3.24. The first-order valence-electron chi connectivity index (χ1n) is 6.82. The minimum Gasteiger partial charge on any atom is -0.348 e. The van der Waals surface area contributed by atoms with Gasteiger partial charge < -0.3 is 5.32 Å². The van der Waals surface area contributed by atoms with Crippen LogP contribution < -0.4 is 5.32 Å². The van der Waals surface area contributed by atoms with Crippen LogP contribution >= 0.6 is 11.6 Å². The number of aromatic nitrogens is 2. The molecule has 2 rings (SSSR count). The summed E-state index contributed by atoms with van der Waals surface area (Å²) in [7, 11) is 0. The van der Waals surface area contributed by atoms with E-state index in [9.17, 15) is 4.79 Å². The number of amides is 1. The lowest BCUT2D eigenvalue weighted by Gasteiger charge is -2.31. The maximum absolute atomic E-state index is 12.2. The van der Waals surface area contributed by atoms with Crippen molar-refractivity contribution in [1.29, 1.82) is 0 Å². The maximum Gasteiger partial charge on any atom is 0.271 e. The van der Waals surface area contributed by atoms with Crippen molar-refractivity contribution < 1.29 is 4.79 Å². The molecule has 4 nitrogen and oxygen atoms in total. The van der Waals surface area contributed by atoms with Crippen molar-refractivity contribution in [3.05, 3.63) is 22.7 Å². The van der Waals surface area contributed by atoms with Gasteiger partial charge in [-0.05, 0) is 25.7 Å². The summed E-state index contributed by atoms with van der Waals surface area (Å²) in [5.74, 6) is 1.21. The molecule has 0 radical (unpaired) electrons. The average molecular weight is 282 g/mol. The van der Waals surface area contributed by atoms with Gasteiger partial charge in [0.05, 0.1) is 11.2 Å². The van der Waals surface area contributed by atoms with E-state index in [1.807, 2.05) is 20.8 Å². The van der Waals surface area contributed by atoms with E-state index in [1.54, 1.807) is 0 Å². The normalized spacial score (nSPS) is 17.1. The maximum atomic E-state index is 12.2. The minimum atomic E-state index is -0.200. The molecule has 1 fully saturated rings. The number of rotatable bonds is 4. The summed E-state index contributed by atoms with van der Waals surface area (Å²) in [4.78, 5) is 20.6. The van der Waals surface area contributed by atoms with Crippen LogP contribution in [0.15, 0.2) is 6.20 Å². The molecule has 0 aromatic carbocycles. The molecule has 1 saturated carbocycles. The van der Waals surface area contributed by atoms with Crippen LogP contribution in [0.1, 0.15) is 62.3 Å². The van der Waals surface area contributed by atoms with Gasteiger partial charge in [-0.1, -0.05) is 31.9 Å². The molecular weight excluding hydrogens is 262 g/mol. The molecule has 104 valence electrons. The number of nitrogens with one attached hydrogen (secondary N) is 1. The zero-order valence-corrected chi connectivity index (χ0v) is 12.4. The molecule has 0 aliphatic heterocycles. The predicted molar refractivity (Wildman–Crippen MR) is 75.4 cm³/mol. The zero-order chi connectivity index (χ0) is 14.0. The van der Waals surface area contributed by atoms with Crippen molar-refractivity contribution in [2.75, 3.05) is 0 Å². The average Bonchev–Trinajstić information content (AvgIpc) is 2.26. The first-order chi connectivity index (χ1) is 8.99. The van der Waals surface area contributed by atoms with Gasteiger partial charge in [-0.3, -0.25) is 4.79 Å².